The molecule has 11 aromatic rings. The molecule has 1 heterocycles. The van der Waals surface area contributed by atoms with Gasteiger partial charge in [-0.25, -0.2) is 0 Å². The normalized spacial score (nSPS) is 14.3. The summed E-state index contributed by atoms with van der Waals surface area (Å²) in [4.78, 5) is 4.87. The van der Waals surface area contributed by atoms with Crippen molar-refractivity contribution in [1.29, 1.82) is 0 Å². The highest BCUT2D eigenvalue weighted by molar-refractivity contribution is 6.11. The largest absolute Gasteiger partial charge is 0.310 e. The van der Waals surface area contributed by atoms with Gasteiger partial charge in [0.15, 0.2) is 0 Å². The smallest absolute Gasteiger partial charge is 0.0727 e. The Bertz CT molecular complexity index is 3520. The maximum Gasteiger partial charge on any atom is 0.0727 e. The van der Waals surface area contributed by atoms with Crippen molar-refractivity contribution in [3.05, 3.63) is 271 Å². The molecule has 0 aliphatic heterocycles. The summed E-state index contributed by atoms with van der Waals surface area (Å²) in [5, 5.41) is 2.45. The molecular formula is C61H41N3. The van der Waals surface area contributed by atoms with Crippen molar-refractivity contribution in [2.45, 2.75) is 5.41 Å². The van der Waals surface area contributed by atoms with Crippen LogP contribution in [0.5, 0.6) is 0 Å². The fraction of sp³-hybridized carbons (Fsp3) is 0.0164. The summed E-state index contributed by atoms with van der Waals surface area (Å²) in [7, 11) is 0. The van der Waals surface area contributed by atoms with Crippen molar-refractivity contribution < 1.29 is 0 Å². The van der Waals surface area contributed by atoms with Crippen LogP contribution in [0.2, 0.25) is 0 Å². The minimum Gasteiger partial charge on any atom is -0.310 e. The van der Waals surface area contributed by atoms with Crippen molar-refractivity contribution >= 4 is 55.9 Å². The van der Waals surface area contributed by atoms with E-state index in [0.717, 1.165) is 39.8 Å². The highest BCUT2D eigenvalue weighted by Crippen LogP contribution is 2.65. The summed E-state index contributed by atoms with van der Waals surface area (Å²) in [5.41, 5.74) is 20.0. The number of benzene rings is 10. The molecule has 2 aliphatic carbocycles. The molecule has 300 valence electrons. The van der Waals surface area contributed by atoms with Crippen LogP contribution in [0, 0.1) is 0 Å². The van der Waals surface area contributed by atoms with E-state index in [0.29, 0.717) is 0 Å². The minimum atomic E-state index is -0.557. The van der Waals surface area contributed by atoms with Gasteiger partial charge in [0.05, 0.1) is 22.1 Å². The van der Waals surface area contributed by atoms with Crippen molar-refractivity contribution in [3.8, 4) is 27.9 Å². The Hall–Kier alpha value is -8.40. The van der Waals surface area contributed by atoms with E-state index in [-0.39, 0.29) is 0 Å². The third-order valence-corrected chi connectivity index (χ3v) is 13.5. The summed E-state index contributed by atoms with van der Waals surface area (Å²) in [5.74, 6) is 0. The molecule has 0 saturated carbocycles. The van der Waals surface area contributed by atoms with E-state index in [1.54, 1.807) is 0 Å². The van der Waals surface area contributed by atoms with Gasteiger partial charge in [-0.15, -0.1) is 0 Å². The predicted octanol–water partition coefficient (Wildman–Crippen LogP) is 16.1. The van der Waals surface area contributed by atoms with Gasteiger partial charge >= 0.3 is 0 Å². The van der Waals surface area contributed by atoms with Gasteiger partial charge in [0.2, 0.25) is 0 Å². The third kappa shape index (κ3) is 5.22. The number of rotatable bonds is 7. The highest BCUT2D eigenvalue weighted by atomic mass is 15.2. The van der Waals surface area contributed by atoms with E-state index in [9.17, 15) is 0 Å². The molecule has 0 radical (unpaired) electrons. The second-order valence-corrected chi connectivity index (χ2v) is 16.8. The maximum absolute atomic E-state index is 2.48. The first kappa shape index (κ1) is 36.3. The molecule has 0 fully saturated rings. The van der Waals surface area contributed by atoms with Crippen LogP contribution >= 0.6 is 0 Å². The van der Waals surface area contributed by atoms with Crippen LogP contribution in [0.4, 0.5) is 34.1 Å². The average Bonchev–Trinajstić information content (AvgIpc) is 3.97. The van der Waals surface area contributed by atoms with Crippen LogP contribution in [0.15, 0.2) is 249 Å². The monoisotopic (exact) mass is 815 g/mol. The molecule has 1 atom stereocenters. The molecule has 64 heavy (non-hydrogen) atoms. The number of para-hydroxylation sites is 5. The Morgan fingerprint density at radius 3 is 1.50 bits per heavy atom. The Balaban J connectivity index is 1.07. The van der Waals surface area contributed by atoms with Gasteiger partial charge in [-0.3, -0.25) is 0 Å². The predicted molar refractivity (Wildman–Crippen MR) is 266 cm³/mol. The van der Waals surface area contributed by atoms with Crippen LogP contribution in [0.3, 0.4) is 0 Å². The molecule has 13 rings (SSSR count). The summed E-state index contributed by atoms with van der Waals surface area (Å²) in [6, 6.07) is 91.2. The number of fused-ring (bicyclic) bond motifs is 13. The zero-order valence-corrected chi connectivity index (χ0v) is 35.0. The standard InChI is InChI=1S/C61H41N3/c1-5-20-42(21-6-1)62(43-22-7-2-8-23-43)47-36-38-49-48-28-13-16-31-53(48)61(56(49)41-47)54-32-17-14-30-51(54)60-55(61)33-19-35-59(60)63(44-24-9-3-10-25-44)46-37-39-58-52(40-46)50-29-15-18-34-57(50)64(58)45-26-11-4-12-27-45/h1-41H. The zero-order chi connectivity index (χ0) is 42.2. The summed E-state index contributed by atoms with van der Waals surface area (Å²) >= 11 is 0. The van der Waals surface area contributed by atoms with Crippen molar-refractivity contribution in [2.24, 2.45) is 0 Å². The van der Waals surface area contributed by atoms with Gasteiger partial charge < -0.3 is 14.4 Å². The second-order valence-electron chi connectivity index (χ2n) is 16.8. The van der Waals surface area contributed by atoms with Gasteiger partial charge in [0.25, 0.3) is 0 Å². The second kappa shape index (κ2) is 14.3. The van der Waals surface area contributed by atoms with E-state index in [1.165, 1.54) is 66.3 Å². The van der Waals surface area contributed by atoms with Gasteiger partial charge in [0, 0.05) is 50.5 Å². The van der Waals surface area contributed by atoms with E-state index < -0.39 is 5.41 Å². The molecule has 10 aromatic carbocycles. The van der Waals surface area contributed by atoms with Crippen molar-refractivity contribution in [3.63, 3.8) is 0 Å². The molecule has 0 saturated heterocycles. The van der Waals surface area contributed by atoms with Gasteiger partial charge in [-0.05, 0) is 130 Å². The van der Waals surface area contributed by atoms with E-state index in [1.807, 2.05) is 0 Å². The van der Waals surface area contributed by atoms with Gasteiger partial charge in [-0.2, -0.15) is 0 Å². The highest BCUT2D eigenvalue weighted by Gasteiger charge is 2.52. The van der Waals surface area contributed by atoms with E-state index >= 15 is 0 Å². The number of hydrogen-bond acceptors (Lipinski definition) is 2. The lowest BCUT2D eigenvalue weighted by Crippen LogP contribution is -2.26. The summed E-state index contributed by atoms with van der Waals surface area (Å²) in [6.07, 6.45) is 0. The molecule has 0 amide bonds. The first-order valence-electron chi connectivity index (χ1n) is 22.1. The average molecular weight is 816 g/mol. The van der Waals surface area contributed by atoms with Gasteiger partial charge in [0.1, 0.15) is 0 Å². The molecule has 0 N–H and O–H groups in total. The number of hydrogen-bond donors (Lipinski definition) is 0. The Kier molecular flexibility index (Phi) is 8.13. The van der Waals surface area contributed by atoms with Crippen LogP contribution in [-0.4, -0.2) is 4.57 Å². The van der Waals surface area contributed by atoms with Gasteiger partial charge in [-0.1, -0.05) is 158 Å². The Labute approximate surface area is 373 Å². The van der Waals surface area contributed by atoms with E-state index in [4.69, 9.17) is 0 Å². The topological polar surface area (TPSA) is 11.4 Å². The van der Waals surface area contributed by atoms with Crippen molar-refractivity contribution in [2.75, 3.05) is 9.80 Å². The first-order valence-corrected chi connectivity index (χ1v) is 22.1. The fourth-order valence-corrected chi connectivity index (χ4v) is 11.0. The SMILES string of the molecule is c1ccc(N(c2ccccc2)c2ccc3c(c2)C2(c4ccccc4-3)c3ccccc3-c3c(N(c4ccccc4)c4ccc5c(c4)c4ccccc4n5-c4ccccc4)cccc32)cc1. The molecule has 2 aliphatic rings. The lowest BCUT2D eigenvalue weighted by molar-refractivity contribution is 0.793. The quantitative estimate of drug-likeness (QED) is 0.159. The van der Waals surface area contributed by atoms with Crippen LogP contribution < -0.4 is 9.80 Å². The molecule has 1 unspecified atom stereocenters. The van der Waals surface area contributed by atoms with Crippen molar-refractivity contribution in [1.82, 2.24) is 4.57 Å². The van der Waals surface area contributed by atoms with Crippen LogP contribution in [0.25, 0.3) is 49.7 Å². The Morgan fingerprint density at radius 1 is 0.297 bits per heavy atom. The molecule has 3 heteroatoms. The number of nitrogens with zero attached hydrogens (tertiary/aromatic N) is 3. The molecule has 1 aromatic heterocycles. The molecule has 1 spiro atoms. The lowest BCUT2D eigenvalue weighted by Gasteiger charge is -2.33. The first-order chi connectivity index (χ1) is 31.8. The maximum atomic E-state index is 2.48. The zero-order valence-electron chi connectivity index (χ0n) is 35.0. The fourth-order valence-electron chi connectivity index (χ4n) is 11.0. The number of aromatic nitrogens is 1. The summed E-state index contributed by atoms with van der Waals surface area (Å²) < 4.78 is 2.39. The molecule has 3 nitrogen and oxygen atoms in total. The molecular weight excluding hydrogens is 775 g/mol. The Morgan fingerprint density at radius 2 is 0.797 bits per heavy atom. The lowest BCUT2D eigenvalue weighted by atomic mass is 9.70. The molecule has 0 bridgehead atoms. The van der Waals surface area contributed by atoms with Crippen LogP contribution in [0.1, 0.15) is 22.3 Å². The third-order valence-electron chi connectivity index (χ3n) is 13.5. The number of anilines is 6. The van der Waals surface area contributed by atoms with Crippen LogP contribution in [-0.2, 0) is 5.41 Å². The van der Waals surface area contributed by atoms with E-state index in [2.05, 4.69) is 263 Å². The summed E-state index contributed by atoms with van der Waals surface area (Å²) in [6.45, 7) is 0. The minimum absolute atomic E-state index is 0.557.